The third-order valence-electron chi connectivity index (χ3n) is 3.28. The van der Waals surface area contributed by atoms with Gasteiger partial charge in [0.05, 0.1) is 23.0 Å². The van der Waals surface area contributed by atoms with E-state index in [2.05, 4.69) is 26.3 Å². The summed E-state index contributed by atoms with van der Waals surface area (Å²) in [6.45, 7) is 0.232. The zero-order chi connectivity index (χ0) is 15.7. The molecule has 7 heteroatoms. The van der Waals surface area contributed by atoms with E-state index in [0.717, 1.165) is 4.47 Å². The van der Waals surface area contributed by atoms with Crippen LogP contribution >= 0.6 is 15.9 Å². The molecule has 0 aliphatic heterocycles. The van der Waals surface area contributed by atoms with Crippen molar-refractivity contribution in [3.63, 3.8) is 0 Å². The summed E-state index contributed by atoms with van der Waals surface area (Å²) in [6.07, 6.45) is 3.15. The predicted octanol–water partition coefficient (Wildman–Crippen LogP) is 2.95. The van der Waals surface area contributed by atoms with E-state index in [0.29, 0.717) is 16.8 Å². The maximum absolute atomic E-state index is 13.7. The topological polar surface area (TPSA) is 72.4 Å². The Hall–Kier alpha value is -2.41. The van der Waals surface area contributed by atoms with Crippen molar-refractivity contribution < 1.29 is 9.18 Å². The molecule has 22 heavy (non-hydrogen) atoms. The van der Waals surface area contributed by atoms with Gasteiger partial charge in [0, 0.05) is 22.8 Å². The van der Waals surface area contributed by atoms with Crippen molar-refractivity contribution in [1.29, 1.82) is 0 Å². The number of hydrogen-bond acceptors (Lipinski definition) is 3. The second-order valence-electron chi connectivity index (χ2n) is 4.73. The number of benzene rings is 1. The molecule has 1 aromatic carbocycles. The number of primary amides is 1. The Morgan fingerprint density at radius 2 is 2.18 bits per heavy atom. The first-order valence-electron chi connectivity index (χ1n) is 6.50. The molecule has 0 saturated carbocycles. The van der Waals surface area contributed by atoms with E-state index in [-0.39, 0.29) is 17.9 Å². The number of nitrogens with zero attached hydrogens (tertiary/aromatic N) is 2. The number of amides is 1. The molecule has 2 heterocycles. The lowest BCUT2D eigenvalue weighted by Crippen LogP contribution is -2.16. The molecule has 0 aliphatic rings. The van der Waals surface area contributed by atoms with Crippen LogP contribution in [0.4, 0.5) is 10.1 Å². The Kier molecular flexibility index (Phi) is 3.81. The first-order valence-corrected chi connectivity index (χ1v) is 7.29. The van der Waals surface area contributed by atoms with Crippen LogP contribution in [0.3, 0.4) is 0 Å². The molecule has 3 aromatic rings. The molecule has 0 atom stereocenters. The number of carbonyl (C=O) groups is 1. The molecule has 0 radical (unpaired) electrons. The van der Waals surface area contributed by atoms with E-state index in [9.17, 15) is 9.18 Å². The van der Waals surface area contributed by atoms with Crippen LogP contribution in [0.25, 0.3) is 5.52 Å². The average Bonchev–Trinajstić information content (AvgIpc) is 2.86. The summed E-state index contributed by atoms with van der Waals surface area (Å²) in [7, 11) is 0. The molecule has 0 bridgehead atoms. The van der Waals surface area contributed by atoms with E-state index in [1.165, 1.54) is 12.3 Å². The fourth-order valence-electron chi connectivity index (χ4n) is 2.22. The summed E-state index contributed by atoms with van der Waals surface area (Å²) in [5.41, 5.74) is 7.36. The smallest absolute Gasteiger partial charge is 0.252 e. The lowest BCUT2D eigenvalue weighted by Gasteiger charge is -2.12. The minimum atomic E-state index is -0.594. The van der Waals surface area contributed by atoms with Crippen molar-refractivity contribution in [3.8, 4) is 0 Å². The van der Waals surface area contributed by atoms with Gasteiger partial charge < -0.3 is 11.1 Å². The molecule has 0 spiro atoms. The van der Waals surface area contributed by atoms with Crippen LogP contribution in [0, 0.1) is 5.82 Å². The van der Waals surface area contributed by atoms with Crippen molar-refractivity contribution in [2.24, 2.45) is 5.73 Å². The van der Waals surface area contributed by atoms with Crippen molar-refractivity contribution in [2.45, 2.75) is 6.54 Å². The number of fused-ring (bicyclic) bond motifs is 1. The monoisotopic (exact) mass is 362 g/mol. The average molecular weight is 363 g/mol. The first-order chi connectivity index (χ1) is 10.6. The highest BCUT2D eigenvalue weighted by Gasteiger charge is 2.14. The summed E-state index contributed by atoms with van der Waals surface area (Å²) in [5, 5.41) is 7.21. The fourth-order valence-corrected chi connectivity index (χ4v) is 2.63. The van der Waals surface area contributed by atoms with Gasteiger partial charge in [0.1, 0.15) is 5.82 Å². The maximum Gasteiger partial charge on any atom is 0.252 e. The van der Waals surface area contributed by atoms with Gasteiger partial charge in [-0.15, -0.1) is 0 Å². The van der Waals surface area contributed by atoms with Crippen molar-refractivity contribution in [2.75, 3.05) is 5.32 Å². The predicted molar refractivity (Wildman–Crippen MR) is 85.1 cm³/mol. The Morgan fingerprint density at radius 3 is 2.91 bits per heavy atom. The fraction of sp³-hybridized carbons (Fsp3) is 0.0667. The number of aromatic nitrogens is 2. The third kappa shape index (κ3) is 2.67. The van der Waals surface area contributed by atoms with Crippen molar-refractivity contribution in [1.82, 2.24) is 9.61 Å². The molecule has 3 N–H and O–H groups in total. The van der Waals surface area contributed by atoms with Gasteiger partial charge in [0.2, 0.25) is 0 Å². The lowest BCUT2D eigenvalue weighted by molar-refractivity contribution is 0.100. The van der Waals surface area contributed by atoms with Gasteiger partial charge in [-0.2, -0.15) is 5.10 Å². The van der Waals surface area contributed by atoms with Crippen LogP contribution in [0.1, 0.15) is 15.9 Å². The standard InChI is InChI=1S/C15H12BrFN4O/c16-10-5-13-14(11(15(18)22)7-20-21(13)8-10)19-6-9-3-1-2-4-12(9)17/h1-5,7-8,19H,6H2,(H2,18,22). The summed E-state index contributed by atoms with van der Waals surface area (Å²) in [6, 6.07) is 8.26. The largest absolute Gasteiger partial charge is 0.378 e. The number of halogens is 2. The number of rotatable bonds is 4. The van der Waals surface area contributed by atoms with Crippen LogP contribution in [0.15, 0.2) is 47.2 Å². The highest BCUT2D eigenvalue weighted by molar-refractivity contribution is 9.10. The number of nitrogens with two attached hydrogens (primary N) is 1. The van der Waals surface area contributed by atoms with Gasteiger partial charge in [-0.05, 0) is 28.1 Å². The Bertz CT molecular complexity index is 862. The van der Waals surface area contributed by atoms with E-state index in [4.69, 9.17) is 5.73 Å². The summed E-state index contributed by atoms with van der Waals surface area (Å²) in [4.78, 5) is 11.6. The third-order valence-corrected chi connectivity index (χ3v) is 3.72. The number of carbonyl (C=O) groups excluding carboxylic acids is 1. The lowest BCUT2D eigenvalue weighted by atomic mass is 10.1. The van der Waals surface area contributed by atoms with Gasteiger partial charge in [-0.1, -0.05) is 18.2 Å². The van der Waals surface area contributed by atoms with Gasteiger partial charge in [-0.3, -0.25) is 4.79 Å². The molecule has 5 nitrogen and oxygen atoms in total. The van der Waals surface area contributed by atoms with Gasteiger partial charge in [0.15, 0.2) is 0 Å². The zero-order valence-electron chi connectivity index (χ0n) is 11.4. The molecule has 3 rings (SSSR count). The van der Waals surface area contributed by atoms with E-state index in [1.807, 2.05) is 6.07 Å². The number of nitrogens with one attached hydrogen (secondary N) is 1. The Balaban J connectivity index is 2.02. The van der Waals surface area contributed by atoms with E-state index in [1.54, 1.807) is 28.9 Å². The minimum Gasteiger partial charge on any atom is -0.378 e. The van der Waals surface area contributed by atoms with Crippen molar-refractivity contribution in [3.05, 3.63) is 64.1 Å². The quantitative estimate of drug-likeness (QED) is 0.749. The normalized spacial score (nSPS) is 10.8. The van der Waals surface area contributed by atoms with Gasteiger partial charge in [-0.25, -0.2) is 8.91 Å². The summed E-state index contributed by atoms with van der Waals surface area (Å²) < 4.78 is 16.1. The van der Waals surface area contributed by atoms with Crippen LogP contribution in [-0.4, -0.2) is 15.5 Å². The van der Waals surface area contributed by atoms with Crippen LogP contribution in [-0.2, 0) is 6.54 Å². The second kappa shape index (κ2) is 5.76. The molecule has 2 aromatic heterocycles. The highest BCUT2D eigenvalue weighted by atomic mass is 79.9. The molecule has 0 unspecified atom stereocenters. The molecule has 1 amide bonds. The molecule has 0 saturated heterocycles. The Morgan fingerprint density at radius 1 is 1.41 bits per heavy atom. The summed E-state index contributed by atoms with van der Waals surface area (Å²) in [5.74, 6) is -0.902. The molecular formula is C15H12BrFN4O. The van der Waals surface area contributed by atoms with E-state index < -0.39 is 5.91 Å². The summed E-state index contributed by atoms with van der Waals surface area (Å²) >= 11 is 3.36. The molecule has 0 aliphatic carbocycles. The van der Waals surface area contributed by atoms with E-state index >= 15 is 0 Å². The Labute approximate surface area is 134 Å². The maximum atomic E-state index is 13.7. The van der Waals surface area contributed by atoms with Crippen LogP contribution in [0.2, 0.25) is 0 Å². The zero-order valence-corrected chi connectivity index (χ0v) is 13.0. The molecule has 0 fully saturated rings. The number of anilines is 1. The highest BCUT2D eigenvalue weighted by Crippen LogP contribution is 2.26. The SMILES string of the molecule is NC(=O)c1cnn2cc(Br)cc2c1NCc1ccccc1F. The van der Waals surface area contributed by atoms with Crippen molar-refractivity contribution >= 4 is 33.0 Å². The van der Waals surface area contributed by atoms with Crippen LogP contribution in [0.5, 0.6) is 0 Å². The first kappa shape index (κ1) is 14.5. The molecular weight excluding hydrogens is 351 g/mol. The van der Waals surface area contributed by atoms with Gasteiger partial charge >= 0.3 is 0 Å². The van der Waals surface area contributed by atoms with Gasteiger partial charge in [0.25, 0.3) is 5.91 Å². The molecule has 112 valence electrons. The number of hydrogen-bond donors (Lipinski definition) is 2. The minimum absolute atomic E-state index is 0.232. The van der Waals surface area contributed by atoms with Crippen LogP contribution < -0.4 is 11.1 Å². The second-order valence-corrected chi connectivity index (χ2v) is 5.65.